The predicted molar refractivity (Wildman–Crippen MR) is 127 cm³/mol. The lowest BCUT2D eigenvalue weighted by Gasteiger charge is -2.08. The fourth-order valence-corrected chi connectivity index (χ4v) is 4.53. The molecule has 1 aliphatic rings. The number of fused-ring (bicyclic) bond motifs is 2. The molecule has 4 aromatic rings. The van der Waals surface area contributed by atoms with Crippen molar-refractivity contribution >= 4 is 28.4 Å². The van der Waals surface area contributed by atoms with E-state index in [0.29, 0.717) is 5.56 Å². The molecule has 0 saturated carbocycles. The van der Waals surface area contributed by atoms with E-state index in [1.165, 1.54) is 38.6 Å². The van der Waals surface area contributed by atoms with E-state index in [2.05, 4.69) is 72.8 Å². The minimum Gasteiger partial charge on any atom is -0.478 e. The molecular weight excluding hydrogens is 380 g/mol. The van der Waals surface area contributed by atoms with E-state index in [-0.39, 0.29) is 0 Å². The minimum absolute atomic E-state index is 0.345. The van der Waals surface area contributed by atoms with Crippen LogP contribution in [0.1, 0.15) is 44.6 Å². The van der Waals surface area contributed by atoms with Gasteiger partial charge < -0.3 is 5.11 Å². The third kappa shape index (κ3) is 4.02. The van der Waals surface area contributed by atoms with E-state index in [1.807, 2.05) is 6.07 Å². The molecule has 31 heavy (non-hydrogen) atoms. The Labute approximate surface area is 182 Å². The lowest BCUT2D eigenvalue weighted by atomic mass is 9.97. The fourth-order valence-electron chi connectivity index (χ4n) is 4.53. The third-order valence-electron chi connectivity index (χ3n) is 6.22. The Kier molecular flexibility index (Phi) is 5.13. The smallest absolute Gasteiger partial charge is 0.335 e. The molecule has 1 N–H and O–H groups in total. The maximum atomic E-state index is 11.2. The van der Waals surface area contributed by atoms with Crippen molar-refractivity contribution in [3.05, 3.63) is 118 Å². The quantitative estimate of drug-likeness (QED) is 0.383. The van der Waals surface area contributed by atoms with Crippen molar-refractivity contribution in [3.8, 4) is 0 Å². The first kappa shape index (κ1) is 19.3. The Morgan fingerprint density at radius 2 is 1.65 bits per heavy atom. The standard InChI is InChI=1S/C29H24O2/c30-29(31)25-16-15-24-17-26(19-27(24)18-25)21-13-11-20(12-14-21)5-3-7-23-9-4-8-22-6-1-2-10-28(22)23/h1-2,4,6,8-16,18-19H,3,5,7,17H2,(H,30,31). The molecule has 2 heteroatoms. The zero-order valence-corrected chi connectivity index (χ0v) is 17.3. The predicted octanol–water partition coefficient (Wildman–Crippen LogP) is 6.81. The summed E-state index contributed by atoms with van der Waals surface area (Å²) in [5.74, 6) is -0.877. The molecule has 0 bridgehead atoms. The number of aryl methyl sites for hydroxylation is 2. The van der Waals surface area contributed by atoms with Crippen molar-refractivity contribution in [2.24, 2.45) is 0 Å². The third-order valence-corrected chi connectivity index (χ3v) is 6.22. The van der Waals surface area contributed by atoms with Crippen LogP contribution in [0, 0.1) is 0 Å². The first-order valence-corrected chi connectivity index (χ1v) is 10.8. The highest BCUT2D eigenvalue weighted by molar-refractivity contribution is 5.93. The van der Waals surface area contributed by atoms with Gasteiger partial charge in [-0.25, -0.2) is 4.79 Å². The van der Waals surface area contributed by atoms with Crippen molar-refractivity contribution in [3.63, 3.8) is 0 Å². The van der Waals surface area contributed by atoms with Gasteiger partial charge in [-0.15, -0.1) is 0 Å². The summed E-state index contributed by atoms with van der Waals surface area (Å²) in [7, 11) is 0. The van der Waals surface area contributed by atoms with Crippen LogP contribution in [0.15, 0.2) is 84.9 Å². The van der Waals surface area contributed by atoms with Crippen molar-refractivity contribution < 1.29 is 9.90 Å². The number of hydrogen-bond acceptors (Lipinski definition) is 1. The van der Waals surface area contributed by atoms with Crippen LogP contribution in [0.2, 0.25) is 0 Å². The summed E-state index contributed by atoms with van der Waals surface area (Å²) in [6.07, 6.45) is 6.24. The van der Waals surface area contributed by atoms with Crippen LogP contribution in [0.4, 0.5) is 0 Å². The van der Waals surface area contributed by atoms with Gasteiger partial charge in [-0.1, -0.05) is 78.9 Å². The molecule has 0 atom stereocenters. The van der Waals surface area contributed by atoms with Crippen LogP contribution in [0.25, 0.3) is 22.4 Å². The summed E-state index contributed by atoms with van der Waals surface area (Å²) >= 11 is 0. The number of hydrogen-bond donors (Lipinski definition) is 1. The Morgan fingerprint density at radius 1 is 0.839 bits per heavy atom. The molecule has 0 aliphatic heterocycles. The van der Waals surface area contributed by atoms with Gasteiger partial charge in [0, 0.05) is 0 Å². The average Bonchev–Trinajstić information content (AvgIpc) is 3.23. The second-order valence-electron chi connectivity index (χ2n) is 8.25. The molecular formula is C29H24O2. The van der Waals surface area contributed by atoms with E-state index in [9.17, 15) is 9.90 Å². The Balaban J connectivity index is 1.24. The summed E-state index contributed by atoms with van der Waals surface area (Å²) in [6.45, 7) is 0. The lowest BCUT2D eigenvalue weighted by Crippen LogP contribution is -1.96. The van der Waals surface area contributed by atoms with Crippen LogP contribution in [-0.4, -0.2) is 11.1 Å². The van der Waals surface area contributed by atoms with Crippen LogP contribution >= 0.6 is 0 Å². The maximum Gasteiger partial charge on any atom is 0.335 e. The lowest BCUT2D eigenvalue weighted by molar-refractivity contribution is 0.0697. The number of allylic oxidation sites excluding steroid dienone is 1. The minimum atomic E-state index is -0.877. The van der Waals surface area contributed by atoms with Gasteiger partial charge >= 0.3 is 5.97 Å². The molecule has 0 aromatic heterocycles. The molecule has 5 rings (SSSR count). The SMILES string of the molecule is O=C(O)c1ccc2c(c1)C=C(c1ccc(CCCc3cccc4ccccc34)cc1)C2. The maximum absolute atomic E-state index is 11.2. The van der Waals surface area contributed by atoms with Gasteiger partial charge in [-0.3, -0.25) is 0 Å². The van der Waals surface area contributed by atoms with Crippen molar-refractivity contribution in [2.75, 3.05) is 0 Å². The fraction of sp³-hybridized carbons (Fsp3) is 0.138. The number of rotatable bonds is 6. The molecule has 0 spiro atoms. The van der Waals surface area contributed by atoms with Gasteiger partial charge in [0.15, 0.2) is 0 Å². The summed E-state index contributed by atoms with van der Waals surface area (Å²) in [6, 6.07) is 29.4. The van der Waals surface area contributed by atoms with Gasteiger partial charge in [-0.05, 0) is 82.0 Å². The van der Waals surface area contributed by atoms with E-state index in [0.717, 1.165) is 31.2 Å². The molecule has 4 aromatic carbocycles. The van der Waals surface area contributed by atoms with Gasteiger partial charge in [-0.2, -0.15) is 0 Å². The first-order valence-electron chi connectivity index (χ1n) is 10.8. The Hall–Kier alpha value is -3.65. The number of benzene rings is 4. The van der Waals surface area contributed by atoms with Gasteiger partial charge in [0.1, 0.15) is 0 Å². The van der Waals surface area contributed by atoms with E-state index in [1.54, 1.807) is 12.1 Å². The van der Waals surface area contributed by atoms with Gasteiger partial charge in [0.25, 0.3) is 0 Å². The van der Waals surface area contributed by atoms with Crippen molar-refractivity contribution in [2.45, 2.75) is 25.7 Å². The molecule has 0 fully saturated rings. The molecule has 0 unspecified atom stereocenters. The molecule has 0 heterocycles. The zero-order chi connectivity index (χ0) is 21.2. The van der Waals surface area contributed by atoms with Crippen LogP contribution in [0.5, 0.6) is 0 Å². The summed E-state index contributed by atoms with van der Waals surface area (Å²) in [5, 5.41) is 11.9. The Bertz CT molecular complexity index is 1290. The molecule has 0 amide bonds. The molecule has 152 valence electrons. The van der Waals surface area contributed by atoms with Crippen LogP contribution in [-0.2, 0) is 19.3 Å². The number of carboxylic acid groups (broad SMARTS) is 1. The molecule has 1 aliphatic carbocycles. The normalized spacial score (nSPS) is 12.6. The van der Waals surface area contributed by atoms with Crippen LogP contribution < -0.4 is 0 Å². The second kappa shape index (κ2) is 8.23. The van der Waals surface area contributed by atoms with E-state index < -0.39 is 5.97 Å². The average molecular weight is 405 g/mol. The number of carboxylic acids is 1. The first-order chi connectivity index (χ1) is 15.2. The molecule has 0 radical (unpaired) electrons. The highest BCUT2D eigenvalue weighted by atomic mass is 16.4. The van der Waals surface area contributed by atoms with E-state index >= 15 is 0 Å². The van der Waals surface area contributed by atoms with Crippen LogP contribution in [0.3, 0.4) is 0 Å². The van der Waals surface area contributed by atoms with E-state index in [4.69, 9.17) is 0 Å². The highest BCUT2D eigenvalue weighted by Gasteiger charge is 2.16. The summed E-state index contributed by atoms with van der Waals surface area (Å²) in [5.41, 5.74) is 7.80. The van der Waals surface area contributed by atoms with Gasteiger partial charge in [0.2, 0.25) is 0 Å². The highest BCUT2D eigenvalue weighted by Crippen LogP contribution is 2.32. The topological polar surface area (TPSA) is 37.3 Å². The number of carbonyl (C=O) groups is 1. The zero-order valence-electron chi connectivity index (χ0n) is 17.3. The van der Waals surface area contributed by atoms with Gasteiger partial charge in [0.05, 0.1) is 5.56 Å². The largest absolute Gasteiger partial charge is 0.478 e. The Morgan fingerprint density at radius 3 is 2.48 bits per heavy atom. The summed E-state index contributed by atoms with van der Waals surface area (Å²) in [4.78, 5) is 11.2. The number of aromatic carboxylic acids is 1. The van der Waals surface area contributed by atoms with Crippen molar-refractivity contribution in [1.82, 2.24) is 0 Å². The van der Waals surface area contributed by atoms with Crippen molar-refractivity contribution in [1.29, 1.82) is 0 Å². The molecule has 0 saturated heterocycles. The molecule has 2 nitrogen and oxygen atoms in total. The second-order valence-corrected chi connectivity index (χ2v) is 8.25. The summed E-state index contributed by atoms with van der Waals surface area (Å²) < 4.78 is 0. The monoisotopic (exact) mass is 404 g/mol.